The van der Waals surface area contributed by atoms with Gasteiger partial charge in [-0.25, -0.2) is 0 Å². The molecule has 1 saturated carbocycles. The summed E-state index contributed by atoms with van der Waals surface area (Å²) in [7, 11) is 0. The number of halogens is 1. The Balaban J connectivity index is 1.83. The first-order valence-electron chi connectivity index (χ1n) is 6.34. The summed E-state index contributed by atoms with van der Waals surface area (Å²) in [6, 6.07) is 5.94. The lowest BCUT2D eigenvalue weighted by molar-refractivity contribution is -0.153. The molecular weight excluding hydrogens is 310 g/mol. The van der Waals surface area contributed by atoms with E-state index in [0.29, 0.717) is 25.9 Å². The molecule has 0 radical (unpaired) electrons. The maximum atomic E-state index is 12.4. The molecule has 5 heteroatoms. The van der Waals surface area contributed by atoms with Gasteiger partial charge < -0.3 is 10.0 Å². The van der Waals surface area contributed by atoms with Crippen LogP contribution in [0.5, 0.6) is 0 Å². The van der Waals surface area contributed by atoms with Crippen LogP contribution in [0.4, 0.5) is 0 Å². The molecule has 1 amide bonds. The molecule has 2 aliphatic rings. The lowest BCUT2D eigenvalue weighted by Crippen LogP contribution is -2.43. The average molecular weight is 324 g/mol. The van der Waals surface area contributed by atoms with Crippen molar-refractivity contribution in [2.24, 2.45) is 5.41 Å². The summed E-state index contributed by atoms with van der Waals surface area (Å²) in [5, 5.41) is 9.19. The molecule has 100 valence electrons. The minimum atomic E-state index is -1.12. The first-order valence-corrected chi connectivity index (χ1v) is 7.13. The number of carboxylic acids is 1. The Kier molecular flexibility index (Phi) is 2.89. The molecule has 1 aliphatic heterocycles. The fourth-order valence-electron chi connectivity index (χ4n) is 2.68. The van der Waals surface area contributed by atoms with Gasteiger partial charge in [-0.05, 0) is 36.5 Å². The zero-order valence-corrected chi connectivity index (χ0v) is 11.9. The number of benzene rings is 1. The molecule has 1 fully saturated rings. The van der Waals surface area contributed by atoms with Gasteiger partial charge >= 0.3 is 5.97 Å². The van der Waals surface area contributed by atoms with Gasteiger partial charge in [-0.1, -0.05) is 28.1 Å². The van der Waals surface area contributed by atoms with Gasteiger partial charge in [-0.3, -0.25) is 9.59 Å². The molecular formula is C14H14BrNO3. The van der Waals surface area contributed by atoms with Crippen LogP contribution in [0.25, 0.3) is 0 Å². The number of nitrogens with zero attached hydrogens (tertiary/aromatic N) is 1. The second kappa shape index (κ2) is 4.34. The highest BCUT2D eigenvalue weighted by Gasteiger charge is 2.58. The zero-order chi connectivity index (χ0) is 13.6. The van der Waals surface area contributed by atoms with Crippen molar-refractivity contribution in [3.63, 3.8) is 0 Å². The minimum Gasteiger partial charge on any atom is -0.480 e. The van der Waals surface area contributed by atoms with Gasteiger partial charge in [0.25, 0.3) is 0 Å². The van der Waals surface area contributed by atoms with Gasteiger partial charge in [0, 0.05) is 17.6 Å². The summed E-state index contributed by atoms with van der Waals surface area (Å²) in [5.74, 6) is -1.19. The van der Waals surface area contributed by atoms with Crippen molar-refractivity contribution in [2.75, 3.05) is 6.54 Å². The fraction of sp³-hybridized carbons (Fsp3) is 0.429. The molecule has 0 atom stereocenters. The number of carbonyl (C=O) groups is 2. The SMILES string of the molecule is O=C(O)C1(C(=O)N2CCc3c(Br)cccc3C2)CC1. The van der Waals surface area contributed by atoms with Crippen LogP contribution in [-0.2, 0) is 22.6 Å². The van der Waals surface area contributed by atoms with Gasteiger partial charge in [0.05, 0.1) is 0 Å². The van der Waals surface area contributed by atoms with Crippen molar-refractivity contribution in [3.8, 4) is 0 Å². The third kappa shape index (κ3) is 1.96. The number of rotatable bonds is 2. The van der Waals surface area contributed by atoms with Gasteiger partial charge in [0.1, 0.15) is 5.41 Å². The second-order valence-corrected chi connectivity index (χ2v) is 6.10. The maximum absolute atomic E-state index is 12.4. The van der Waals surface area contributed by atoms with E-state index >= 15 is 0 Å². The number of amides is 1. The van der Waals surface area contributed by atoms with Gasteiger partial charge in [-0.2, -0.15) is 0 Å². The van der Waals surface area contributed by atoms with Gasteiger partial charge in [-0.15, -0.1) is 0 Å². The molecule has 0 aromatic heterocycles. The highest BCUT2D eigenvalue weighted by atomic mass is 79.9. The van der Waals surface area contributed by atoms with Crippen LogP contribution in [0, 0.1) is 5.41 Å². The summed E-state index contributed by atoms with van der Waals surface area (Å²) in [6.07, 6.45) is 1.73. The number of carbonyl (C=O) groups excluding carboxylic acids is 1. The maximum Gasteiger partial charge on any atom is 0.319 e. The molecule has 0 unspecified atom stereocenters. The van der Waals surface area contributed by atoms with Crippen LogP contribution in [0.3, 0.4) is 0 Å². The molecule has 0 saturated heterocycles. The van der Waals surface area contributed by atoms with Gasteiger partial charge in [0.15, 0.2) is 0 Å². The Morgan fingerprint density at radius 2 is 2.05 bits per heavy atom. The van der Waals surface area contributed by atoms with Crippen LogP contribution >= 0.6 is 15.9 Å². The Bertz CT molecular complexity index is 566. The molecule has 0 spiro atoms. The van der Waals surface area contributed by atoms with Crippen LogP contribution in [0.15, 0.2) is 22.7 Å². The largest absolute Gasteiger partial charge is 0.480 e. The molecule has 1 N–H and O–H groups in total. The summed E-state index contributed by atoms with van der Waals surface area (Å²) < 4.78 is 1.07. The van der Waals surface area contributed by atoms with Crippen molar-refractivity contribution in [1.29, 1.82) is 0 Å². The van der Waals surface area contributed by atoms with Crippen LogP contribution in [-0.4, -0.2) is 28.4 Å². The Morgan fingerprint density at radius 3 is 2.68 bits per heavy atom. The summed E-state index contributed by atoms with van der Waals surface area (Å²) in [6.45, 7) is 1.12. The van der Waals surface area contributed by atoms with Crippen molar-refractivity contribution >= 4 is 27.8 Å². The molecule has 1 heterocycles. The molecule has 0 bridgehead atoms. The molecule has 1 aliphatic carbocycles. The average Bonchev–Trinajstić information content (AvgIpc) is 3.19. The van der Waals surface area contributed by atoms with Crippen LogP contribution in [0.2, 0.25) is 0 Å². The molecule has 19 heavy (non-hydrogen) atoms. The third-order valence-electron chi connectivity index (χ3n) is 4.06. The monoisotopic (exact) mass is 323 g/mol. The number of aliphatic carboxylic acids is 1. The number of hydrogen-bond donors (Lipinski definition) is 1. The summed E-state index contributed by atoms with van der Waals surface area (Å²) in [5.41, 5.74) is 1.21. The Morgan fingerprint density at radius 1 is 1.32 bits per heavy atom. The highest BCUT2D eigenvalue weighted by Crippen LogP contribution is 2.48. The third-order valence-corrected chi connectivity index (χ3v) is 4.81. The van der Waals surface area contributed by atoms with Gasteiger partial charge in [0.2, 0.25) is 5.91 Å². The van der Waals surface area contributed by atoms with Crippen molar-refractivity contribution < 1.29 is 14.7 Å². The quantitative estimate of drug-likeness (QED) is 0.849. The van der Waals surface area contributed by atoms with Crippen molar-refractivity contribution in [3.05, 3.63) is 33.8 Å². The van der Waals surface area contributed by atoms with E-state index in [-0.39, 0.29) is 5.91 Å². The zero-order valence-electron chi connectivity index (χ0n) is 10.4. The number of fused-ring (bicyclic) bond motifs is 1. The van der Waals surface area contributed by atoms with E-state index in [9.17, 15) is 14.7 Å². The first kappa shape index (κ1) is 12.7. The minimum absolute atomic E-state index is 0.217. The molecule has 4 nitrogen and oxygen atoms in total. The van der Waals surface area contributed by atoms with E-state index in [1.54, 1.807) is 4.90 Å². The summed E-state index contributed by atoms with van der Waals surface area (Å²) in [4.78, 5) is 25.3. The number of carboxylic acid groups (broad SMARTS) is 1. The van der Waals surface area contributed by atoms with E-state index < -0.39 is 11.4 Å². The predicted molar refractivity (Wildman–Crippen MR) is 72.6 cm³/mol. The fourth-order valence-corrected chi connectivity index (χ4v) is 3.29. The van der Waals surface area contributed by atoms with Crippen molar-refractivity contribution in [1.82, 2.24) is 4.90 Å². The Hall–Kier alpha value is -1.36. The normalized spacial score (nSPS) is 19.7. The first-order chi connectivity index (χ1) is 9.04. The molecule has 1 aromatic carbocycles. The van der Waals surface area contributed by atoms with E-state index in [0.717, 1.165) is 16.5 Å². The second-order valence-electron chi connectivity index (χ2n) is 5.24. The summed E-state index contributed by atoms with van der Waals surface area (Å²) >= 11 is 3.52. The molecule has 1 aromatic rings. The van der Waals surface area contributed by atoms with E-state index in [1.165, 1.54) is 5.56 Å². The standard InChI is InChI=1S/C14H14BrNO3/c15-11-3-1-2-9-8-16(7-4-10(9)11)12(17)14(5-6-14)13(18)19/h1-3H,4-8H2,(H,18,19). The van der Waals surface area contributed by atoms with Crippen LogP contribution in [0.1, 0.15) is 24.0 Å². The van der Waals surface area contributed by atoms with Crippen LogP contribution < -0.4 is 0 Å². The lowest BCUT2D eigenvalue weighted by Gasteiger charge is -2.31. The Labute approximate surface area is 119 Å². The van der Waals surface area contributed by atoms with E-state index in [4.69, 9.17) is 0 Å². The highest BCUT2D eigenvalue weighted by molar-refractivity contribution is 9.10. The molecule has 3 rings (SSSR count). The predicted octanol–water partition coefficient (Wildman–Crippen LogP) is 2.20. The van der Waals surface area contributed by atoms with E-state index in [2.05, 4.69) is 15.9 Å². The smallest absolute Gasteiger partial charge is 0.319 e. The van der Waals surface area contributed by atoms with E-state index in [1.807, 2.05) is 18.2 Å². The van der Waals surface area contributed by atoms with Crippen molar-refractivity contribution in [2.45, 2.75) is 25.8 Å². The number of hydrogen-bond acceptors (Lipinski definition) is 2. The topological polar surface area (TPSA) is 57.6 Å². The lowest BCUT2D eigenvalue weighted by atomic mass is 9.97.